The fraction of sp³-hybridized carbons (Fsp3) is 0.312. The van der Waals surface area contributed by atoms with Gasteiger partial charge in [0, 0.05) is 42.9 Å². The zero-order valence-corrected chi connectivity index (χ0v) is 11.0. The molecule has 0 aliphatic carbocycles. The molecule has 2 heterocycles. The van der Waals surface area contributed by atoms with E-state index in [0.717, 1.165) is 13.1 Å². The second kappa shape index (κ2) is 5.74. The zero-order chi connectivity index (χ0) is 12.9. The second-order valence-electron chi connectivity index (χ2n) is 4.98. The third-order valence-corrected chi connectivity index (χ3v) is 3.67. The van der Waals surface area contributed by atoms with Gasteiger partial charge < -0.3 is 10.2 Å². The van der Waals surface area contributed by atoms with Crippen LogP contribution < -0.4 is 10.2 Å². The fourth-order valence-electron chi connectivity index (χ4n) is 2.61. The molecule has 0 atom stereocenters. The average molecular weight is 253 g/mol. The number of piperidine rings is 1. The van der Waals surface area contributed by atoms with Gasteiger partial charge in [-0.15, -0.1) is 0 Å². The van der Waals surface area contributed by atoms with Crippen molar-refractivity contribution in [2.24, 2.45) is 0 Å². The number of benzene rings is 1. The maximum atomic E-state index is 4.07. The number of rotatable bonds is 3. The van der Waals surface area contributed by atoms with Crippen LogP contribution >= 0.6 is 0 Å². The lowest BCUT2D eigenvalue weighted by Crippen LogP contribution is -2.39. The number of para-hydroxylation sites is 1. The number of pyridine rings is 1. The van der Waals surface area contributed by atoms with Crippen LogP contribution in [-0.2, 0) is 0 Å². The molecule has 3 heteroatoms. The monoisotopic (exact) mass is 253 g/mol. The molecule has 1 saturated heterocycles. The Kier molecular flexibility index (Phi) is 3.63. The Balaban J connectivity index is 1.55. The number of hydrogen-bond donors (Lipinski definition) is 1. The summed E-state index contributed by atoms with van der Waals surface area (Å²) >= 11 is 0. The minimum atomic E-state index is 0.584. The van der Waals surface area contributed by atoms with E-state index in [4.69, 9.17) is 0 Å². The number of nitrogens with zero attached hydrogens (tertiary/aromatic N) is 2. The van der Waals surface area contributed by atoms with Crippen molar-refractivity contribution >= 4 is 11.4 Å². The van der Waals surface area contributed by atoms with Gasteiger partial charge in [-0.2, -0.15) is 0 Å². The molecule has 98 valence electrons. The van der Waals surface area contributed by atoms with Gasteiger partial charge in [-0.05, 0) is 37.1 Å². The fourth-order valence-corrected chi connectivity index (χ4v) is 2.61. The summed E-state index contributed by atoms with van der Waals surface area (Å²) in [5.41, 5.74) is 2.51. The van der Waals surface area contributed by atoms with Crippen LogP contribution in [-0.4, -0.2) is 24.1 Å². The van der Waals surface area contributed by atoms with Crippen LogP contribution in [0.1, 0.15) is 12.8 Å². The lowest BCUT2D eigenvalue weighted by molar-refractivity contribution is 0.526. The molecule has 2 aromatic rings. The highest BCUT2D eigenvalue weighted by atomic mass is 15.1. The van der Waals surface area contributed by atoms with E-state index in [0.29, 0.717) is 6.04 Å². The van der Waals surface area contributed by atoms with E-state index in [1.165, 1.54) is 24.2 Å². The lowest BCUT2D eigenvalue weighted by Gasteiger charge is -2.34. The van der Waals surface area contributed by atoms with Gasteiger partial charge in [0.05, 0.1) is 0 Å². The summed E-state index contributed by atoms with van der Waals surface area (Å²) < 4.78 is 0. The highest BCUT2D eigenvalue weighted by Gasteiger charge is 2.18. The van der Waals surface area contributed by atoms with Gasteiger partial charge in [0.2, 0.25) is 0 Å². The van der Waals surface area contributed by atoms with E-state index >= 15 is 0 Å². The summed E-state index contributed by atoms with van der Waals surface area (Å²) in [5.74, 6) is 0. The first-order valence-corrected chi connectivity index (χ1v) is 6.88. The molecule has 1 fully saturated rings. The molecule has 3 nitrogen and oxygen atoms in total. The van der Waals surface area contributed by atoms with Crippen LogP contribution in [0, 0.1) is 0 Å². The molecular formula is C16H19N3. The van der Waals surface area contributed by atoms with Gasteiger partial charge in [0.25, 0.3) is 0 Å². The van der Waals surface area contributed by atoms with E-state index < -0.39 is 0 Å². The van der Waals surface area contributed by atoms with Crippen LogP contribution in [0.25, 0.3) is 0 Å². The van der Waals surface area contributed by atoms with E-state index in [1.807, 2.05) is 12.4 Å². The Bertz CT molecular complexity index is 490. The molecule has 1 aliphatic rings. The van der Waals surface area contributed by atoms with Crippen molar-refractivity contribution in [1.29, 1.82) is 0 Å². The van der Waals surface area contributed by atoms with E-state index in [-0.39, 0.29) is 0 Å². The SMILES string of the molecule is c1ccc(NC2CCN(c3ccncc3)CC2)cc1. The van der Waals surface area contributed by atoms with Crippen LogP contribution in [0.2, 0.25) is 0 Å². The standard InChI is InChI=1S/C16H19N3/c1-2-4-14(5-3-1)18-15-8-12-19(13-9-15)16-6-10-17-11-7-16/h1-7,10-11,15,18H,8-9,12-13H2. The molecule has 0 radical (unpaired) electrons. The Morgan fingerprint density at radius 2 is 1.63 bits per heavy atom. The number of anilines is 2. The molecule has 1 aromatic heterocycles. The summed E-state index contributed by atoms with van der Waals surface area (Å²) in [6, 6.07) is 15.2. The summed E-state index contributed by atoms with van der Waals surface area (Å²) in [7, 11) is 0. The average Bonchev–Trinajstić information content (AvgIpc) is 2.50. The number of hydrogen-bond acceptors (Lipinski definition) is 3. The number of nitrogens with one attached hydrogen (secondary N) is 1. The third kappa shape index (κ3) is 3.05. The minimum absolute atomic E-state index is 0.584. The third-order valence-electron chi connectivity index (χ3n) is 3.67. The first-order valence-electron chi connectivity index (χ1n) is 6.88. The Morgan fingerprint density at radius 3 is 2.32 bits per heavy atom. The van der Waals surface area contributed by atoms with E-state index in [2.05, 4.69) is 57.7 Å². The molecule has 0 saturated carbocycles. The normalized spacial score (nSPS) is 16.3. The molecule has 0 bridgehead atoms. The van der Waals surface area contributed by atoms with Crippen LogP contribution in [0.15, 0.2) is 54.9 Å². The first-order chi connectivity index (χ1) is 9.42. The van der Waals surface area contributed by atoms with Crippen molar-refractivity contribution in [3.8, 4) is 0 Å². The molecule has 3 rings (SSSR count). The number of aromatic nitrogens is 1. The molecule has 1 N–H and O–H groups in total. The molecule has 0 amide bonds. The predicted octanol–water partition coefficient (Wildman–Crippen LogP) is 3.16. The summed E-state index contributed by atoms with van der Waals surface area (Å²) in [6.45, 7) is 2.21. The molecule has 0 unspecified atom stereocenters. The van der Waals surface area contributed by atoms with Gasteiger partial charge in [0.15, 0.2) is 0 Å². The van der Waals surface area contributed by atoms with Crippen molar-refractivity contribution in [3.63, 3.8) is 0 Å². The first kappa shape index (κ1) is 12.0. The summed E-state index contributed by atoms with van der Waals surface area (Å²) in [4.78, 5) is 6.51. The highest BCUT2D eigenvalue weighted by Crippen LogP contribution is 2.21. The molecule has 19 heavy (non-hydrogen) atoms. The van der Waals surface area contributed by atoms with Gasteiger partial charge in [-0.3, -0.25) is 4.98 Å². The van der Waals surface area contributed by atoms with Crippen molar-refractivity contribution in [2.45, 2.75) is 18.9 Å². The van der Waals surface area contributed by atoms with Gasteiger partial charge >= 0.3 is 0 Å². The lowest BCUT2D eigenvalue weighted by atomic mass is 10.0. The Hall–Kier alpha value is -2.03. The van der Waals surface area contributed by atoms with Crippen molar-refractivity contribution in [1.82, 2.24) is 4.98 Å². The predicted molar refractivity (Wildman–Crippen MR) is 79.5 cm³/mol. The Morgan fingerprint density at radius 1 is 0.947 bits per heavy atom. The maximum Gasteiger partial charge on any atom is 0.0397 e. The van der Waals surface area contributed by atoms with Gasteiger partial charge in [-0.25, -0.2) is 0 Å². The van der Waals surface area contributed by atoms with Crippen LogP contribution in [0.4, 0.5) is 11.4 Å². The molecular weight excluding hydrogens is 234 g/mol. The largest absolute Gasteiger partial charge is 0.382 e. The molecule has 0 spiro atoms. The zero-order valence-electron chi connectivity index (χ0n) is 11.0. The minimum Gasteiger partial charge on any atom is -0.382 e. The van der Waals surface area contributed by atoms with Crippen molar-refractivity contribution in [3.05, 3.63) is 54.9 Å². The smallest absolute Gasteiger partial charge is 0.0397 e. The van der Waals surface area contributed by atoms with Crippen molar-refractivity contribution in [2.75, 3.05) is 23.3 Å². The second-order valence-corrected chi connectivity index (χ2v) is 4.98. The highest BCUT2D eigenvalue weighted by molar-refractivity contribution is 5.47. The summed E-state index contributed by atoms with van der Waals surface area (Å²) in [5, 5.41) is 3.61. The van der Waals surface area contributed by atoms with Gasteiger partial charge in [0.1, 0.15) is 0 Å². The topological polar surface area (TPSA) is 28.2 Å². The van der Waals surface area contributed by atoms with Crippen molar-refractivity contribution < 1.29 is 0 Å². The van der Waals surface area contributed by atoms with Crippen LogP contribution in [0.3, 0.4) is 0 Å². The summed E-state index contributed by atoms with van der Waals surface area (Å²) in [6.07, 6.45) is 6.09. The van der Waals surface area contributed by atoms with E-state index in [9.17, 15) is 0 Å². The van der Waals surface area contributed by atoms with E-state index in [1.54, 1.807) is 0 Å². The maximum absolute atomic E-state index is 4.07. The van der Waals surface area contributed by atoms with Crippen LogP contribution in [0.5, 0.6) is 0 Å². The quantitative estimate of drug-likeness (QED) is 0.910. The Labute approximate surface area is 114 Å². The van der Waals surface area contributed by atoms with Gasteiger partial charge in [-0.1, -0.05) is 18.2 Å². The molecule has 1 aromatic carbocycles. The molecule has 1 aliphatic heterocycles.